The van der Waals surface area contributed by atoms with Gasteiger partial charge in [0, 0.05) is 0 Å². The maximum Gasteiger partial charge on any atom is 0.309 e. The van der Waals surface area contributed by atoms with Crippen molar-refractivity contribution in [2.45, 2.75) is 12.8 Å². The van der Waals surface area contributed by atoms with Gasteiger partial charge in [0.25, 0.3) is 0 Å². The van der Waals surface area contributed by atoms with Crippen molar-refractivity contribution in [2.24, 2.45) is 23.7 Å². The van der Waals surface area contributed by atoms with E-state index in [4.69, 9.17) is 5.11 Å². The SMILES string of the molecule is COC(=O)[C@@H]1[C@H]2CC[C@H]2[C@@H]1C(=O)O. The van der Waals surface area contributed by atoms with E-state index in [1.165, 1.54) is 7.11 Å². The molecule has 2 fully saturated rings. The average molecular weight is 184 g/mol. The molecule has 4 nitrogen and oxygen atoms in total. The summed E-state index contributed by atoms with van der Waals surface area (Å²) in [5.74, 6) is -1.53. The summed E-state index contributed by atoms with van der Waals surface area (Å²) in [6.07, 6.45) is 1.93. The molecule has 0 aromatic carbocycles. The van der Waals surface area contributed by atoms with Gasteiger partial charge in [-0.1, -0.05) is 0 Å². The normalized spacial score (nSPS) is 41.0. The van der Waals surface area contributed by atoms with E-state index in [2.05, 4.69) is 4.74 Å². The predicted molar refractivity (Wildman–Crippen MR) is 42.8 cm³/mol. The van der Waals surface area contributed by atoms with Gasteiger partial charge in [0.05, 0.1) is 18.9 Å². The molecule has 0 saturated heterocycles. The van der Waals surface area contributed by atoms with Gasteiger partial charge in [0.15, 0.2) is 0 Å². The van der Waals surface area contributed by atoms with Crippen molar-refractivity contribution in [3.63, 3.8) is 0 Å². The molecule has 0 bridgehead atoms. The van der Waals surface area contributed by atoms with E-state index < -0.39 is 11.9 Å². The third kappa shape index (κ3) is 0.975. The Morgan fingerprint density at radius 1 is 1.23 bits per heavy atom. The Morgan fingerprint density at radius 2 is 1.77 bits per heavy atom. The number of esters is 1. The van der Waals surface area contributed by atoms with Crippen LogP contribution in [0, 0.1) is 23.7 Å². The first-order chi connectivity index (χ1) is 6.16. The Balaban J connectivity index is 2.09. The molecule has 2 saturated carbocycles. The average Bonchev–Trinajstić information content (AvgIpc) is 2.06. The van der Waals surface area contributed by atoms with Crippen LogP contribution in [0.15, 0.2) is 0 Å². The van der Waals surface area contributed by atoms with E-state index in [0.29, 0.717) is 0 Å². The molecule has 0 aromatic heterocycles. The fraction of sp³-hybridized carbons (Fsp3) is 0.778. The number of carboxylic acids is 1. The number of aliphatic carboxylic acids is 1. The fourth-order valence-corrected chi connectivity index (χ4v) is 2.62. The second-order valence-electron chi connectivity index (χ2n) is 3.82. The summed E-state index contributed by atoms with van der Waals surface area (Å²) in [6, 6.07) is 0. The molecule has 0 heterocycles. The molecular formula is C9H12O4. The van der Waals surface area contributed by atoms with Crippen LogP contribution in [0.25, 0.3) is 0 Å². The first-order valence-corrected chi connectivity index (χ1v) is 4.47. The summed E-state index contributed by atoms with van der Waals surface area (Å²) in [5, 5.41) is 8.86. The van der Waals surface area contributed by atoms with E-state index >= 15 is 0 Å². The summed E-state index contributed by atoms with van der Waals surface area (Å²) >= 11 is 0. The van der Waals surface area contributed by atoms with E-state index in [0.717, 1.165) is 12.8 Å². The van der Waals surface area contributed by atoms with Gasteiger partial charge < -0.3 is 9.84 Å². The highest BCUT2D eigenvalue weighted by molar-refractivity contribution is 5.84. The van der Waals surface area contributed by atoms with Crippen LogP contribution in [0.5, 0.6) is 0 Å². The molecular weight excluding hydrogens is 172 g/mol. The highest BCUT2D eigenvalue weighted by Gasteiger charge is 2.61. The Bertz CT molecular complexity index is 260. The van der Waals surface area contributed by atoms with Crippen molar-refractivity contribution in [1.82, 2.24) is 0 Å². The van der Waals surface area contributed by atoms with E-state index in [1.54, 1.807) is 0 Å². The zero-order valence-corrected chi connectivity index (χ0v) is 7.40. The summed E-state index contributed by atoms with van der Waals surface area (Å²) in [6.45, 7) is 0. The highest BCUT2D eigenvalue weighted by Crippen LogP contribution is 2.58. The van der Waals surface area contributed by atoms with Crippen LogP contribution >= 0.6 is 0 Å². The number of hydrogen-bond donors (Lipinski definition) is 1. The van der Waals surface area contributed by atoms with Gasteiger partial charge >= 0.3 is 11.9 Å². The highest BCUT2D eigenvalue weighted by atomic mass is 16.5. The Labute approximate surface area is 75.9 Å². The van der Waals surface area contributed by atoms with Crippen molar-refractivity contribution in [3.05, 3.63) is 0 Å². The van der Waals surface area contributed by atoms with Crippen LogP contribution in [0.1, 0.15) is 12.8 Å². The van der Waals surface area contributed by atoms with Crippen LogP contribution in [-0.4, -0.2) is 24.2 Å². The largest absolute Gasteiger partial charge is 0.481 e. The van der Waals surface area contributed by atoms with Crippen LogP contribution in [0.3, 0.4) is 0 Å². The summed E-state index contributed by atoms with van der Waals surface area (Å²) in [4.78, 5) is 22.0. The van der Waals surface area contributed by atoms with Gasteiger partial charge in [-0.05, 0) is 24.7 Å². The number of ether oxygens (including phenoxy) is 1. The molecule has 0 aromatic rings. The fourth-order valence-electron chi connectivity index (χ4n) is 2.62. The standard InChI is InChI=1S/C9H12O4/c1-13-9(12)7-5-3-2-4(5)6(7)8(10)11/h4-7H,2-3H2,1H3,(H,10,11)/t4-,5+,6+,7-/m1/s1. The molecule has 0 radical (unpaired) electrons. The molecule has 1 N–H and O–H groups in total. The first-order valence-electron chi connectivity index (χ1n) is 4.47. The van der Waals surface area contributed by atoms with E-state index in [-0.39, 0.29) is 23.7 Å². The van der Waals surface area contributed by atoms with Gasteiger partial charge in [0.1, 0.15) is 0 Å². The molecule has 0 unspecified atom stereocenters. The predicted octanol–water partition coefficient (Wildman–Crippen LogP) is 0.516. The second-order valence-corrected chi connectivity index (χ2v) is 3.82. The lowest BCUT2D eigenvalue weighted by molar-refractivity contribution is -0.189. The molecule has 0 spiro atoms. The lowest BCUT2D eigenvalue weighted by atomic mass is 9.47. The summed E-state index contributed by atoms with van der Waals surface area (Å²) < 4.78 is 4.58. The number of carbonyl (C=O) groups is 2. The van der Waals surface area contributed by atoms with Gasteiger partial charge in [-0.3, -0.25) is 9.59 Å². The zero-order valence-electron chi connectivity index (χ0n) is 7.40. The molecule has 2 aliphatic carbocycles. The Morgan fingerprint density at radius 3 is 2.15 bits per heavy atom. The number of fused-ring (bicyclic) bond motifs is 1. The maximum absolute atomic E-state index is 11.2. The van der Waals surface area contributed by atoms with Gasteiger partial charge in [0.2, 0.25) is 0 Å². The van der Waals surface area contributed by atoms with Crippen LogP contribution in [0.4, 0.5) is 0 Å². The topological polar surface area (TPSA) is 63.6 Å². The van der Waals surface area contributed by atoms with Crippen molar-refractivity contribution in [2.75, 3.05) is 7.11 Å². The minimum atomic E-state index is -0.851. The molecule has 13 heavy (non-hydrogen) atoms. The van der Waals surface area contributed by atoms with Crippen LogP contribution in [0.2, 0.25) is 0 Å². The summed E-state index contributed by atoms with van der Waals surface area (Å²) in [5.41, 5.74) is 0. The van der Waals surface area contributed by atoms with Crippen molar-refractivity contribution >= 4 is 11.9 Å². The number of rotatable bonds is 2. The first kappa shape index (κ1) is 8.53. The monoisotopic (exact) mass is 184 g/mol. The third-order valence-corrected chi connectivity index (χ3v) is 3.45. The minimum Gasteiger partial charge on any atom is -0.481 e. The second kappa shape index (κ2) is 2.72. The zero-order chi connectivity index (χ0) is 9.59. The number of hydrogen-bond acceptors (Lipinski definition) is 3. The Kier molecular flexibility index (Phi) is 1.78. The number of carboxylic acid groups (broad SMARTS) is 1. The lowest BCUT2D eigenvalue weighted by Gasteiger charge is -2.55. The maximum atomic E-state index is 11.2. The van der Waals surface area contributed by atoms with Gasteiger partial charge in [-0.2, -0.15) is 0 Å². The smallest absolute Gasteiger partial charge is 0.309 e. The molecule has 0 aliphatic heterocycles. The lowest BCUT2D eigenvalue weighted by Crippen LogP contribution is -2.59. The molecule has 2 rings (SSSR count). The number of carbonyl (C=O) groups excluding carboxylic acids is 1. The summed E-state index contributed by atoms with van der Waals surface area (Å²) in [7, 11) is 1.31. The third-order valence-electron chi connectivity index (χ3n) is 3.45. The molecule has 2 aliphatic rings. The Hall–Kier alpha value is -1.06. The van der Waals surface area contributed by atoms with Crippen LogP contribution in [-0.2, 0) is 14.3 Å². The minimum absolute atomic E-state index is 0.238. The molecule has 4 heteroatoms. The van der Waals surface area contributed by atoms with Crippen LogP contribution < -0.4 is 0 Å². The van der Waals surface area contributed by atoms with Gasteiger partial charge in [-0.15, -0.1) is 0 Å². The van der Waals surface area contributed by atoms with Crippen molar-refractivity contribution in [1.29, 1.82) is 0 Å². The number of methoxy groups -OCH3 is 1. The molecule has 0 amide bonds. The van der Waals surface area contributed by atoms with Crippen molar-refractivity contribution in [3.8, 4) is 0 Å². The quantitative estimate of drug-likeness (QED) is 0.635. The molecule has 4 atom stereocenters. The van der Waals surface area contributed by atoms with E-state index in [9.17, 15) is 9.59 Å². The van der Waals surface area contributed by atoms with E-state index in [1.807, 2.05) is 0 Å². The van der Waals surface area contributed by atoms with Crippen molar-refractivity contribution < 1.29 is 19.4 Å². The molecule has 72 valence electrons. The van der Waals surface area contributed by atoms with Gasteiger partial charge in [-0.25, -0.2) is 0 Å².